The first-order valence-electron chi connectivity index (χ1n) is 11.7. The molecule has 0 fully saturated rings. The van der Waals surface area contributed by atoms with Crippen molar-refractivity contribution >= 4 is 43.9 Å². The van der Waals surface area contributed by atoms with E-state index in [-0.39, 0.29) is 12.3 Å². The van der Waals surface area contributed by atoms with Crippen LogP contribution in [0.25, 0.3) is 0 Å². The molecule has 0 radical (unpaired) electrons. The van der Waals surface area contributed by atoms with Gasteiger partial charge in [-0.15, -0.1) is 11.3 Å². The first-order chi connectivity index (χ1) is 17.3. The number of sulfonamides is 1. The number of carbonyl (C=O) groups excluding carboxylic acids is 2. The van der Waals surface area contributed by atoms with E-state index in [4.69, 9.17) is 9.47 Å². The van der Waals surface area contributed by atoms with Crippen molar-refractivity contribution in [2.24, 2.45) is 0 Å². The highest BCUT2D eigenvalue weighted by Crippen LogP contribution is 2.39. The second-order valence-electron chi connectivity index (χ2n) is 8.34. The smallest absolute Gasteiger partial charge is 0.341 e. The minimum absolute atomic E-state index is 0.219. The maximum atomic E-state index is 13.2. The largest absolute Gasteiger partial charge is 0.462 e. The molecule has 0 unspecified atom stereocenters. The number of rotatable bonds is 9. The maximum Gasteiger partial charge on any atom is 0.341 e. The number of hydrogen-bond donors (Lipinski definition) is 1. The molecule has 2 aromatic carbocycles. The number of thiophene rings is 1. The molecule has 1 aromatic heterocycles. The van der Waals surface area contributed by atoms with Crippen molar-refractivity contribution in [2.75, 3.05) is 29.0 Å². The number of nitrogens with one attached hydrogen (secondary N) is 1. The van der Waals surface area contributed by atoms with Crippen LogP contribution in [0.4, 0.5) is 10.7 Å². The lowest BCUT2D eigenvalue weighted by molar-refractivity contribution is -0.114. The van der Waals surface area contributed by atoms with Crippen LogP contribution in [-0.2, 0) is 32.4 Å². The molecule has 10 heteroatoms. The summed E-state index contributed by atoms with van der Waals surface area (Å²) in [6, 6.07) is 15.6. The van der Waals surface area contributed by atoms with E-state index in [2.05, 4.69) is 5.32 Å². The molecule has 0 bridgehead atoms. The molecule has 4 rings (SSSR count). The van der Waals surface area contributed by atoms with Crippen LogP contribution in [0.2, 0.25) is 0 Å². The van der Waals surface area contributed by atoms with Crippen molar-refractivity contribution in [2.45, 2.75) is 32.6 Å². The number of carbonyl (C=O) groups is 2. The number of fused-ring (bicyclic) bond motifs is 1. The zero-order chi connectivity index (χ0) is 25.7. The molecule has 1 amide bonds. The average Bonchev–Trinajstić information content (AvgIpc) is 3.21. The summed E-state index contributed by atoms with van der Waals surface area (Å²) in [7, 11) is -3.85. The van der Waals surface area contributed by atoms with Crippen LogP contribution in [0.3, 0.4) is 0 Å². The zero-order valence-electron chi connectivity index (χ0n) is 20.2. The highest BCUT2D eigenvalue weighted by Gasteiger charge is 2.29. The topological polar surface area (TPSA) is 102 Å². The van der Waals surface area contributed by atoms with Gasteiger partial charge >= 0.3 is 5.97 Å². The molecule has 3 aromatic rings. The molecule has 0 saturated heterocycles. The van der Waals surface area contributed by atoms with Gasteiger partial charge in [0.25, 0.3) is 0 Å². The third kappa shape index (κ3) is 5.88. The Balaban J connectivity index is 1.62. The third-order valence-electron chi connectivity index (χ3n) is 5.70. The van der Waals surface area contributed by atoms with Gasteiger partial charge in [-0.25, -0.2) is 13.2 Å². The van der Waals surface area contributed by atoms with Crippen LogP contribution in [0.15, 0.2) is 54.6 Å². The van der Waals surface area contributed by atoms with Crippen LogP contribution < -0.4 is 14.4 Å². The van der Waals surface area contributed by atoms with Crippen LogP contribution in [0.5, 0.6) is 11.5 Å². The molecule has 190 valence electrons. The van der Waals surface area contributed by atoms with E-state index in [0.29, 0.717) is 22.1 Å². The van der Waals surface area contributed by atoms with Crippen LogP contribution >= 0.6 is 11.3 Å². The SMILES string of the molecule is CCOC(=O)c1c(NC(=O)CN(c2ccccc2Oc2ccccc2)S(C)(=O)=O)sc2c1CCCC2. The van der Waals surface area contributed by atoms with E-state index in [0.717, 1.165) is 46.7 Å². The van der Waals surface area contributed by atoms with Crippen LogP contribution in [-0.4, -0.2) is 39.7 Å². The van der Waals surface area contributed by atoms with Gasteiger partial charge in [0, 0.05) is 4.88 Å². The maximum absolute atomic E-state index is 13.2. The van der Waals surface area contributed by atoms with E-state index in [1.54, 1.807) is 43.3 Å². The molecular formula is C26H28N2O6S2. The first-order valence-corrected chi connectivity index (χ1v) is 14.4. The Labute approximate surface area is 214 Å². The summed E-state index contributed by atoms with van der Waals surface area (Å²) in [6.45, 7) is 1.46. The standard InChI is InChI=1S/C26H28N2O6S2/c1-3-33-26(30)24-19-13-7-10-16-22(19)35-25(24)27-23(29)17-28(36(2,31)32)20-14-8-9-15-21(20)34-18-11-5-4-6-12-18/h4-6,8-9,11-12,14-15H,3,7,10,13,16-17H2,1-2H3,(H,27,29). The van der Waals surface area contributed by atoms with Gasteiger partial charge in [-0.2, -0.15) is 0 Å². The number of esters is 1. The van der Waals surface area contributed by atoms with Crippen molar-refractivity contribution in [1.82, 2.24) is 0 Å². The summed E-state index contributed by atoms with van der Waals surface area (Å²) in [5.41, 5.74) is 1.53. The lowest BCUT2D eigenvalue weighted by atomic mass is 9.95. The van der Waals surface area contributed by atoms with Crippen LogP contribution in [0, 0.1) is 0 Å². The number of para-hydroxylation sites is 3. The van der Waals surface area contributed by atoms with Crippen molar-refractivity contribution in [3.63, 3.8) is 0 Å². The molecule has 0 saturated carbocycles. The molecular weight excluding hydrogens is 500 g/mol. The van der Waals surface area contributed by atoms with E-state index in [9.17, 15) is 18.0 Å². The van der Waals surface area contributed by atoms with Crippen molar-refractivity contribution in [3.05, 3.63) is 70.6 Å². The fourth-order valence-electron chi connectivity index (χ4n) is 4.12. The number of anilines is 2. The van der Waals surface area contributed by atoms with Gasteiger partial charge in [0.1, 0.15) is 17.3 Å². The number of aryl methyl sites for hydroxylation is 1. The summed E-state index contributed by atoms with van der Waals surface area (Å²) in [5.74, 6) is -0.223. The Bertz CT molecular complexity index is 1350. The average molecular weight is 529 g/mol. The van der Waals surface area contributed by atoms with Gasteiger partial charge in [-0.05, 0) is 62.4 Å². The highest BCUT2D eigenvalue weighted by molar-refractivity contribution is 7.92. The summed E-state index contributed by atoms with van der Waals surface area (Å²) in [5, 5.41) is 3.18. The quantitative estimate of drug-likeness (QED) is 0.392. The number of nitrogens with zero attached hydrogens (tertiary/aromatic N) is 1. The van der Waals surface area contributed by atoms with E-state index in [1.807, 2.05) is 18.2 Å². The number of ether oxygens (including phenoxy) is 2. The molecule has 1 aliphatic rings. The Morgan fingerprint density at radius 1 is 1.03 bits per heavy atom. The van der Waals surface area contributed by atoms with E-state index in [1.165, 1.54) is 11.3 Å². The molecule has 36 heavy (non-hydrogen) atoms. The molecule has 0 atom stereocenters. The van der Waals surface area contributed by atoms with E-state index < -0.39 is 28.4 Å². The molecule has 0 spiro atoms. The second-order valence-corrected chi connectivity index (χ2v) is 11.3. The predicted octanol–water partition coefficient (Wildman–Crippen LogP) is 5.00. The fourth-order valence-corrected chi connectivity index (χ4v) is 6.27. The monoisotopic (exact) mass is 528 g/mol. The Morgan fingerprint density at radius 3 is 2.44 bits per heavy atom. The van der Waals surface area contributed by atoms with Gasteiger partial charge in [-0.1, -0.05) is 30.3 Å². The first kappa shape index (κ1) is 25.7. The Kier molecular flexibility index (Phi) is 7.95. The molecule has 0 aliphatic heterocycles. The van der Waals surface area contributed by atoms with Crippen molar-refractivity contribution in [1.29, 1.82) is 0 Å². The predicted molar refractivity (Wildman–Crippen MR) is 141 cm³/mol. The van der Waals surface area contributed by atoms with Gasteiger partial charge < -0.3 is 14.8 Å². The normalized spacial score (nSPS) is 12.9. The number of benzene rings is 2. The molecule has 1 aliphatic carbocycles. The van der Waals surface area contributed by atoms with Crippen LogP contribution in [0.1, 0.15) is 40.6 Å². The van der Waals surface area contributed by atoms with Gasteiger partial charge in [0.05, 0.1) is 24.1 Å². The zero-order valence-corrected chi connectivity index (χ0v) is 21.8. The van der Waals surface area contributed by atoms with Crippen molar-refractivity contribution < 1.29 is 27.5 Å². The minimum atomic E-state index is -3.85. The minimum Gasteiger partial charge on any atom is -0.462 e. The number of amides is 1. The Hall–Kier alpha value is -3.37. The van der Waals surface area contributed by atoms with Crippen molar-refractivity contribution in [3.8, 4) is 11.5 Å². The molecule has 1 heterocycles. The highest BCUT2D eigenvalue weighted by atomic mass is 32.2. The summed E-state index contributed by atoms with van der Waals surface area (Å²) < 4.78 is 37.7. The lowest BCUT2D eigenvalue weighted by Crippen LogP contribution is -2.37. The summed E-state index contributed by atoms with van der Waals surface area (Å²) >= 11 is 1.35. The number of hydrogen-bond acceptors (Lipinski definition) is 7. The molecule has 1 N–H and O–H groups in total. The summed E-state index contributed by atoms with van der Waals surface area (Å²) in [6.07, 6.45) is 4.59. The Morgan fingerprint density at radius 2 is 1.72 bits per heavy atom. The summed E-state index contributed by atoms with van der Waals surface area (Å²) in [4.78, 5) is 26.9. The van der Waals surface area contributed by atoms with E-state index >= 15 is 0 Å². The lowest BCUT2D eigenvalue weighted by Gasteiger charge is -2.24. The fraction of sp³-hybridized carbons (Fsp3) is 0.308. The van der Waals surface area contributed by atoms with Gasteiger partial charge in [0.2, 0.25) is 15.9 Å². The third-order valence-corrected chi connectivity index (χ3v) is 8.03. The second kappa shape index (κ2) is 11.1. The van der Waals surface area contributed by atoms with Gasteiger partial charge in [0.15, 0.2) is 5.75 Å². The molecule has 8 nitrogen and oxygen atoms in total. The van der Waals surface area contributed by atoms with Gasteiger partial charge in [-0.3, -0.25) is 9.10 Å².